The van der Waals surface area contributed by atoms with E-state index in [2.05, 4.69) is 4.74 Å². The van der Waals surface area contributed by atoms with Gasteiger partial charge in [-0.2, -0.15) is 0 Å². The summed E-state index contributed by atoms with van der Waals surface area (Å²) in [4.78, 5) is 54.3. The predicted molar refractivity (Wildman–Crippen MR) is 104 cm³/mol. The molecule has 0 amide bonds. The Balaban J connectivity index is 4.02. The van der Waals surface area contributed by atoms with Crippen LogP contribution in [0.3, 0.4) is 0 Å². The van der Waals surface area contributed by atoms with Crippen molar-refractivity contribution >= 4 is 31.3 Å². The molecule has 0 aromatic carbocycles. The topological polar surface area (TPSA) is 152 Å². The van der Waals surface area contributed by atoms with Gasteiger partial charge in [-0.1, -0.05) is 6.92 Å². The summed E-state index contributed by atoms with van der Waals surface area (Å²) in [6, 6.07) is 0. The summed E-state index contributed by atoms with van der Waals surface area (Å²) in [5, 5.41) is 0. The monoisotopic (exact) mass is 454 g/mol. The Kier molecular flexibility index (Phi) is 15.2. The van der Waals surface area contributed by atoms with Gasteiger partial charge in [-0.25, -0.2) is 4.57 Å². The van der Waals surface area contributed by atoms with Gasteiger partial charge in [0, 0.05) is 39.5 Å². The van der Waals surface area contributed by atoms with Crippen molar-refractivity contribution < 1.29 is 51.9 Å². The summed E-state index contributed by atoms with van der Waals surface area (Å²) in [5.41, 5.74) is 0. The Bertz CT molecular complexity index is 605. The summed E-state index contributed by atoms with van der Waals surface area (Å²) in [6.45, 7) is 3.49. The van der Waals surface area contributed by atoms with Gasteiger partial charge in [0.15, 0.2) is 6.10 Å². The van der Waals surface area contributed by atoms with Gasteiger partial charge >= 0.3 is 19.8 Å². The molecule has 0 rings (SSSR count). The van der Waals surface area contributed by atoms with Crippen molar-refractivity contribution in [2.24, 2.45) is 0 Å². The molecule has 174 valence electrons. The highest BCUT2D eigenvalue weighted by atomic mass is 31.2. The molecule has 0 fully saturated rings. The van der Waals surface area contributed by atoms with Crippen molar-refractivity contribution in [3.8, 4) is 0 Å². The van der Waals surface area contributed by atoms with Gasteiger partial charge in [0.25, 0.3) is 0 Å². The van der Waals surface area contributed by atoms with Gasteiger partial charge in [0.1, 0.15) is 18.2 Å². The van der Waals surface area contributed by atoms with Crippen LogP contribution in [-0.4, -0.2) is 67.5 Å². The molecule has 0 aliphatic heterocycles. The molecule has 0 aliphatic carbocycles. The number of phosphoric ester groups is 1. The zero-order valence-corrected chi connectivity index (χ0v) is 18.5. The Morgan fingerprint density at radius 3 is 2.07 bits per heavy atom. The number of phosphoric acid groups is 1. The fourth-order valence-electron chi connectivity index (χ4n) is 2.00. The number of carbonyl (C=O) groups excluding carboxylic acids is 4. The van der Waals surface area contributed by atoms with E-state index in [0.717, 1.165) is 13.8 Å². The third kappa shape index (κ3) is 17.2. The maximum atomic E-state index is 11.8. The van der Waals surface area contributed by atoms with E-state index in [0.29, 0.717) is 12.8 Å². The molecule has 0 aliphatic rings. The van der Waals surface area contributed by atoms with Crippen LogP contribution in [0, 0.1) is 0 Å². The molecule has 0 spiro atoms. The van der Waals surface area contributed by atoms with E-state index < -0.39 is 32.5 Å². The Morgan fingerprint density at radius 1 is 0.867 bits per heavy atom. The summed E-state index contributed by atoms with van der Waals surface area (Å²) < 4.78 is 36.1. The molecule has 0 bridgehead atoms. The van der Waals surface area contributed by atoms with Gasteiger partial charge in [0.2, 0.25) is 0 Å². The maximum Gasteiger partial charge on any atom is 0.472 e. The lowest BCUT2D eigenvalue weighted by atomic mass is 10.2. The molecule has 1 N–H and O–H groups in total. The largest absolute Gasteiger partial charge is 0.472 e. The number of hydrogen-bond acceptors (Lipinski definition) is 10. The SMILES string of the molecule is CCC(=O)CCOCCC(=O)CCCOP(=O)(O)OCC(COC(C)=O)OC(C)=O. The number of ketones is 2. The fraction of sp³-hybridized carbons (Fsp3) is 0.778. The molecule has 0 aromatic heterocycles. The van der Waals surface area contributed by atoms with Crippen molar-refractivity contribution in [3.05, 3.63) is 0 Å². The van der Waals surface area contributed by atoms with Crippen LogP contribution in [0.5, 0.6) is 0 Å². The van der Waals surface area contributed by atoms with Crippen LogP contribution in [0.4, 0.5) is 0 Å². The van der Waals surface area contributed by atoms with E-state index in [1.807, 2.05) is 0 Å². The van der Waals surface area contributed by atoms with Crippen molar-refractivity contribution in [1.29, 1.82) is 0 Å². The minimum Gasteiger partial charge on any atom is -0.462 e. The van der Waals surface area contributed by atoms with Gasteiger partial charge in [-0.15, -0.1) is 0 Å². The van der Waals surface area contributed by atoms with Crippen molar-refractivity contribution in [2.75, 3.05) is 33.0 Å². The van der Waals surface area contributed by atoms with Crippen LogP contribution >= 0.6 is 7.82 Å². The Labute approximate surface area is 176 Å². The third-order valence-corrected chi connectivity index (χ3v) is 4.51. The minimum atomic E-state index is -4.44. The van der Waals surface area contributed by atoms with Crippen LogP contribution in [0.1, 0.15) is 52.9 Å². The number of hydrogen-bond donors (Lipinski definition) is 1. The lowest BCUT2D eigenvalue weighted by molar-refractivity contribution is -0.158. The van der Waals surface area contributed by atoms with Crippen molar-refractivity contribution in [2.45, 2.75) is 59.0 Å². The second-order valence-electron chi connectivity index (χ2n) is 6.28. The molecule has 0 heterocycles. The van der Waals surface area contributed by atoms with Crippen LogP contribution < -0.4 is 0 Å². The van der Waals surface area contributed by atoms with E-state index in [1.165, 1.54) is 0 Å². The molecular formula is C18H31O11P. The molecule has 11 nitrogen and oxygen atoms in total. The van der Waals surface area contributed by atoms with Crippen LogP contribution in [0.25, 0.3) is 0 Å². The first kappa shape index (κ1) is 28.4. The number of Topliss-reactive ketones (excluding diaryl/α,β-unsaturated/α-hetero) is 2. The molecule has 0 radical (unpaired) electrons. The molecular weight excluding hydrogens is 423 g/mol. The van der Waals surface area contributed by atoms with E-state index in [9.17, 15) is 28.6 Å². The van der Waals surface area contributed by atoms with Gasteiger partial charge in [0.05, 0.1) is 26.4 Å². The predicted octanol–water partition coefficient (Wildman–Crippen LogP) is 1.74. The number of esters is 2. The molecule has 0 saturated carbocycles. The molecule has 0 aromatic rings. The highest BCUT2D eigenvalue weighted by molar-refractivity contribution is 7.47. The zero-order valence-electron chi connectivity index (χ0n) is 17.6. The first-order chi connectivity index (χ1) is 14.1. The van der Waals surface area contributed by atoms with E-state index in [4.69, 9.17) is 18.5 Å². The number of rotatable bonds is 18. The van der Waals surface area contributed by atoms with Crippen LogP contribution in [0.2, 0.25) is 0 Å². The molecule has 0 saturated heterocycles. The number of ether oxygens (including phenoxy) is 3. The van der Waals surface area contributed by atoms with Gasteiger partial charge in [-0.05, 0) is 6.42 Å². The number of carbonyl (C=O) groups is 4. The molecule has 2 unspecified atom stereocenters. The zero-order chi connectivity index (χ0) is 23.0. The highest BCUT2D eigenvalue weighted by Crippen LogP contribution is 2.43. The van der Waals surface area contributed by atoms with E-state index in [-0.39, 0.29) is 57.3 Å². The van der Waals surface area contributed by atoms with Gasteiger partial charge < -0.3 is 19.1 Å². The van der Waals surface area contributed by atoms with Crippen LogP contribution in [0.15, 0.2) is 0 Å². The maximum absolute atomic E-state index is 11.8. The lowest BCUT2D eigenvalue weighted by Crippen LogP contribution is -2.28. The quantitative estimate of drug-likeness (QED) is 0.183. The fourth-order valence-corrected chi connectivity index (χ4v) is 2.79. The normalized spacial score (nSPS) is 13.9. The molecule has 2 atom stereocenters. The third-order valence-electron chi connectivity index (χ3n) is 3.53. The van der Waals surface area contributed by atoms with E-state index in [1.54, 1.807) is 6.92 Å². The molecule has 30 heavy (non-hydrogen) atoms. The first-order valence-electron chi connectivity index (χ1n) is 9.59. The second kappa shape index (κ2) is 16.1. The summed E-state index contributed by atoms with van der Waals surface area (Å²) >= 11 is 0. The average Bonchev–Trinajstić information content (AvgIpc) is 2.66. The lowest BCUT2D eigenvalue weighted by Gasteiger charge is -2.18. The second-order valence-corrected chi connectivity index (χ2v) is 7.73. The van der Waals surface area contributed by atoms with Crippen LogP contribution in [-0.2, 0) is 47.0 Å². The van der Waals surface area contributed by atoms with E-state index >= 15 is 0 Å². The summed E-state index contributed by atoms with van der Waals surface area (Å²) in [6.07, 6.45) is 0.209. The average molecular weight is 454 g/mol. The van der Waals surface area contributed by atoms with Crippen molar-refractivity contribution in [1.82, 2.24) is 0 Å². The summed E-state index contributed by atoms with van der Waals surface area (Å²) in [5.74, 6) is -1.30. The minimum absolute atomic E-state index is 0.0969. The highest BCUT2D eigenvalue weighted by Gasteiger charge is 2.25. The first-order valence-corrected chi connectivity index (χ1v) is 11.1. The standard InChI is InChI=1S/C18H31O11P/c1-4-16(21)7-10-25-11-8-17(22)6-5-9-27-30(23,24)28-13-18(29-15(3)20)12-26-14(2)19/h18H,4-13H2,1-3H3,(H,23,24). The molecule has 12 heteroatoms. The Hall–Kier alpha value is -1.65. The smallest absolute Gasteiger partial charge is 0.462 e. The Morgan fingerprint density at radius 2 is 1.50 bits per heavy atom. The van der Waals surface area contributed by atoms with Crippen molar-refractivity contribution in [3.63, 3.8) is 0 Å². The van der Waals surface area contributed by atoms with Gasteiger partial charge in [-0.3, -0.25) is 28.2 Å². The summed E-state index contributed by atoms with van der Waals surface area (Å²) in [7, 11) is -4.44.